The lowest BCUT2D eigenvalue weighted by atomic mass is 10.2. The number of carbonyl (C=O) groups excluding carboxylic acids is 1. The Morgan fingerprint density at radius 3 is 2.84 bits per heavy atom. The summed E-state index contributed by atoms with van der Waals surface area (Å²) in [7, 11) is 1.22. The lowest BCUT2D eigenvalue weighted by molar-refractivity contribution is 0.0597. The summed E-state index contributed by atoms with van der Waals surface area (Å²) in [5.41, 5.74) is 0.148. The number of ether oxygens (including phenoxy) is 1. The first-order chi connectivity index (χ1) is 9.03. The van der Waals surface area contributed by atoms with Gasteiger partial charge in [-0.25, -0.2) is 9.79 Å². The van der Waals surface area contributed by atoms with Gasteiger partial charge in [0.2, 0.25) is 0 Å². The molecule has 2 N–H and O–H groups in total. The molecule has 0 amide bonds. The topological polar surface area (TPSA) is 94.7 Å². The molecule has 8 heteroatoms. The first kappa shape index (κ1) is 15.3. The van der Waals surface area contributed by atoms with Crippen molar-refractivity contribution in [3.05, 3.63) is 22.2 Å². The van der Waals surface area contributed by atoms with Crippen LogP contribution in [0.15, 0.2) is 21.6 Å². The molecule has 1 aromatic rings. The van der Waals surface area contributed by atoms with Crippen molar-refractivity contribution >= 4 is 44.5 Å². The fraction of sp³-hybridized carbons (Fsp3) is 0.182. The van der Waals surface area contributed by atoms with Crippen molar-refractivity contribution in [3.8, 4) is 11.9 Å². The van der Waals surface area contributed by atoms with Crippen LogP contribution in [-0.2, 0) is 4.74 Å². The van der Waals surface area contributed by atoms with E-state index in [-0.39, 0.29) is 17.0 Å². The highest BCUT2D eigenvalue weighted by molar-refractivity contribution is 9.10. The minimum absolute atomic E-state index is 0.00645. The van der Waals surface area contributed by atoms with E-state index in [4.69, 9.17) is 5.26 Å². The summed E-state index contributed by atoms with van der Waals surface area (Å²) in [6.45, 7) is 0. The van der Waals surface area contributed by atoms with Gasteiger partial charge in [0.25, 0.3) is 0 Å². The number of hydrogen-bond donors (Lipinski definition) is 2. The second kappa shape index (κ2) is 7.01. The van der Waals surface area contributed by atoms with E-state index in [1.807, 2.05) is 0 Å². The Balaban J connectivity index is 3.33. The van der Waals surface area contributed by atoms with E-state index in [1.165, 1.54) is 31.0 Å². The van der Waals surface area contributed by atoms with Crippen LogP contribution in [0.3, 0.4) is 0 Å². The SMILES string of the molecule is COC(=O)c1cc(Br)cc(N=C(NC#N)SC)c1O. The largest absolute Gasteiger partial charge is 0.505 e. The smallest absolute Gasteiger partial charge is 0.341 e. The van der Waals surface area contributed by atoms with Gasteiger partial charge in [-0.3, -0.25) is 5.32 Å². The zero-order chi connectivity index (χ0) is 14.4. The number of phenols is 1. The first-order valence-electron chi connectivity index (χ1n) is 4.92. The monoisotopic (exact) mass is 343 g/mol. The van der Waals surface area contributed by atoms with E-state index in [2.05, 4.69) is 31.0 Å². The maximum Gasteiger partial charge on any atom is 0.341 e. The minimum Gasteiger partial charge on any atom is -0.505 e. The summed E-state index contributed by atoms with van der Waals surface area (Å²) in [6, 6.07) is 2.95. The summed E-state index contributed by atoms with van der Waals surface area (Å²) in [4.78, 5) is 15.6. The second-order valence-corrected chi connectivity index (χ2v) is 4.88. The van der Waals surface area contributed by atoms with E-state index in [0.29, 0.717) is 9.64 Å². The Morgan fingerprint density at radius 2 is 2.32 bits per heavy atom. The molecule has 0 atom stereocenters. The molecular formula is C11H10BrN3O3S. The molecule has 0 bridgehead atoms. The van der Waals surface area contributed by atoms with Crippen LogP contribution in [0.4, 0.5) is 5.69 Å². The second-order valence-electron chi connectivity index (χ2n) is 3.17. The van der Waals surface area contributed by atoms with Crippen molar-refractivity contribution < 1.29 is 14.6 Å². The van der Waals surface area contributed by atoms with Crippen LogP contribution in [0, 0.1) is 11.5 Å². The number of thioether (sulfide) groups is 1. The fourth-order valence-electron chi connectivity index (χ4n) is 1.22. The highest BCUT2D eigenvalue weighted by atomic mass is 79.9. The third kappa shape index (κ3) is 3.87. The summed E-state index contributed by atoms with van der Waals surface area (Å²) in [6.07, 6.45) is 3.46. The fourth-order valence-corrected chi connectivity index (χ4v) is 2.00. The Bertz CT molecular complexity index is 569. The van der Waals surface area contributed by atoms with Crippen LogP contribution in [0.25, 0.3) is 0 Å². The molecule has 1 aromatic carbocycles. The van der Waals surface area contributed by atoms with Gasteiger partial charge in [0.05, 0.1) is 7.11 Å². The molecule has 0 aliphatic carbocycles. The van der Waals surface area contributed by atoms with Gasteiger partial charge >= 0.3 is 5.97 Å². The predicted molar refractivity (Wildman–Crippen MR) is 76.5 cm³/mol. The number of nitriles is 1. The maximum absolute atomic E-state index is 11.5. The quantitative estimate of drug-likeness (QED) is 0.281. The molecule has 0 fully saturated rings. The number of phenolic OH excluding ortho intramolecular Hbond substituents is 1. The number of amidine groups is 1. The molecule has 0 saturated heterocycles. The van der Waals surface area contributed by atoms with Crippen LogP contribution in [0.1, 0.15) is 10.4 Å². The number of rotatable bonds is 2. The molecule has 1 rings (SSSR count). The summed E-state index contributed by atoms with van der Waals surface area (Å²) >= 11 is 4.41. The van der Waals surface area contributed by atoms with Gasteiger partial charge < -0.3 is 9.84 Å². The third-order valence-corrected chi connectivity index (χ3v) is 3.08. The van der Waals surface area contributed by atoms with Crippen LogP contribution < -0.4 is 5.32 Å². The number of aromatic hydroxyl groups is 1. The van der Waals surface area contributed by atoms with Crippen molar-refractivity contribution in [3.63, 3.8) is 0 Å². The number of benzene rings is 1. The number of methoxy groups -OCH3 is 1. The Hall–Kier alpha value is -1.72. The molecule has 100 valence electrons. The van der Waals surface area contributed by atoms with E-state index in [0.717, 1.165) is 0 Å². The molecule has 0 radical (unpaired) electrons. The summed E-state index contributed by atoms with van der Waals surface area (Å²) in [5.74, 6) is -0.976. The van der Waals surface area contributed by atoms with Gasteiger partial charge in [0, 0.05) is 4.47 Å². The molecule has 0 aliphatic rings. The number of aliphatic imine (C=N–C) groups is 1. The average Bonchev–Trinajstić information content (AvgIpc) is 2.40. The molecule has 0 aliphatic heterocycles. The van der Waals surface area contributed by atoms with E-state index in [9.17, 15) is 9.90 Å². The lowest BCUT2D eigenvalue weighted by Crippen LogP contribution is -2.12. The van der Waals surface area contributed by atoms with E-state index >= 15 is 0 Å². The van der Waals surface area contributed by atoms with Crippen molar-refractivity contribution in [1.29, 1.82) is 5.26 Å². The van der Waals surface area contributed by atoms with Gasteiger partial charge in [-0.1, -0.05) is 27.7 Å². The number of carbonyl (C=O) groups is 1. The van der Waals surface area contributed by atoms with Gasteiger partial charge in [-0.2, -0.15) is 5.26 Å². The molecule has 0 unspecified atom stereocenters. The Kier molecular flexibility index (Phi) is 5.66. The van der Waals surface area contributed by atoms with Gasteiger partial charge in [0.15, 0.2) is 17.1 Å². The number of hydrogen-bond acceptors (Lipinski definition) is 6. The lowest BCUT2D eigenvalue weighted by Gasteiger charge is -2.07. The van der Waals surface area contributed by atoms with Crippen molar-refractivity contribution in [2.45, 2.75) is 0 Å². The zero-order valence-corrected chi connectivity index (χ0v) is 12.5. The Labute approximate surface area is 122 Å². The van der Waals surface area contributed by atoms with Crippen molar-refractivity contribution in [2.75, 3.05) is 13.4 Å². The van der Waals surface area contributed by atoms with Gasteiger partial charge in [-0.05, 0) is 18.4 Å². The molecular weight excluding hydrogens is 334 g/mol. The molecule has 0 spiro atoms. The first-order valence-corrected chi connectivity index (χ1v) is 6.93. The normalized spacial score (nSPS) is 10.7. The minimum atomic E-state index is -0.672. The van der Waals surface area contributed by atoms with Crippen LogP contribution in [-0.4, -0.2) is 29.6 Å². The van der Waals surface area contributed by atoms with Crippen LogP contribution in [0.2, 0.25) is 0 Å². The molecule has 19 heavy (non-hydrogen) atoms. The van der Waals surface area contributed by atoms with E-state index < -0.39 is 5.97 Å². The number of nitrogens with zero attached hydrogens (tertiary/aromatic N) is 2. The van der Waals surface area contributed by atoms with Crippen molar-refractivity contribution in [2.24, 2.45) is 4.99 Å². The molecule has 0 saturated carbocycles. The highest BCUT2D eigenvalue weighted by Crippen LogP contribution is 2.34. The highest BCUT2D eigenvalue weighted by Gasteiger charge is 2.16. The van der Waals surface area contributed by atoms with Crippen LogP contribution in [0.5, 0.6) is 5.75 Å². The molecule has 6 nitrogen and oxygen atoms in total. The summed E-state index contributed by atoms with van der Waals surface area (Å²) < 4.78 is 5.12. The Morgan fingerprint density at radius 1 is 1.63 bits per heavy atom. The number of halogens is 1. The number of esters is 1. The molecule has 0 aromatic heterocycles. The standard InChI is InChI=1S/C11H10BrN3O3S/c1-18-10(17)7-3-6(12)4-8(9(7)16)15-11(19-2)14-5-13/h3-4,16H,1-2H3,(H,14,15). The zero-order valence-electron chi connectivity index (χ0n) is 10.1. The predicted octanol–water partition coefficient (Wildman–Crippen LogP) is 2.36. The summed E-state index contributed by atoms with van der Waals surface area (Å²) in [5, 5.41) is 21.2. The van der Waals surface area contributed by atoms with E-state index in [1.54, 1.807) is 12.4 Å². The van der Waals surface area contributed by atoms with Gasteiger partial charge in [-0.15, -0.1) is 0 Å². The molecule has 0 heterocycles. The average molecular weight is 344 g/mol. The third-order valence-electron chi connectivity index (χ3n) is 2.04. The number of nitrogens with one attached hydrogen (secondary N) is 1. The van der Waals surface area contributed by atoms with Crippen LogP contribution >= 0.6 is 27.7 Å². The van der Waals surface area contributed by atoms with Crippen molar-refractivity contribution in [1.82, 2.24) is 5.32 Å². The van der Waals surface area contributed by atoms with Gasteiger partial charge in [0.1, 0.15) is 11.3 Å². The maximum atomic E-state index is 11.5.